The van der Waals surface area contributed by atoms with E-state index < -0.39 is 5.82 Å². The van der Waals surface area contributed by atoms with Crippen LogP contribution in [0.4, 0.5) is 10.1 Å². The van der Waals surface area contributed by atoms with Gasteiger partial charge in [0.15, 0.2) is 0 Å². The molecule has 0 aliphatic rings. The molecule has 1 amide bonds. The van der Waals surface area contributed by atoms with Gasteiger partial charge in [0.25, 0.3) is 5.91 Å². The molecule has 0 atom stereocenters. The third-order valence-electron chi connectivity index (χ3n) is 2.97. The number of benzene rings is 1. The summed E-state index contributed by atoms with van der Waals surface area (Å²) in [6.07, 6.45) is 3.43. The van der Waals surface area contributed by atoms with E-state index in [9.17, 15) is 9.18 Å². The van der Waals surface area contributed by atoms with Gasteiger partial charge in [0.2, 0.25) is 0 Å². The summed E-state index contributed by atoms with van der Waals surface area (Å²) in [6, 6.07) is 2.64. The van der Waals surface area contributed by atoms with Gasteiger partial charge < -0.3 is 15.6 Å². The SMILES string of the molecule is Cc1c(N)cc(C(=O)NCc2nccn2C)cc1F. The summed E-state index contributed by atoms with van der Waals surface area (Å²) in [5.74, 6) is -0.148. The van der Waals surface area contributed by atoms with Crippen molar-refractivity contribution in [1.29, 1.82) is 0 Å². The molecule has 1 aromatic heterocycles. The first kappa shape index (κ1) is 13.1. The average molecular weight is 262 g/mol. The number of aromatic nitrogens is 2. The second-order valence-electron chi connectivity index (χ2n) is 4.31. The van der Waals surface area contributed by atoms with E-state index in [2.05, 4.69) is 10.3 Å². The van der Waals surface area contributed by atoms with Gasteiger partial charge in [-0.2, -0.15) is 0 Å². The van der Waals surface area contributed by atoms with Gasteiger partial charge in [-0.15, -0.1) is 0 Å². The van der Waals surface area contributed by atoms with E-state index in [-0.39, 0.29) is 23.7 Å². The summed E-state index contributed by atoms with van der Waals surface area (Å²) in [7, 11) is 1.83. The topological polar surface area (TPSA) is 72.9 Å². The number of aryl methyl sites for hydroxylation is 1. The molecule has 0 spiro atoms. The maximum Gasteiger partial charge on any atom is 0.251 e. The van der Waals surface area contributed by atoms with Gasteiger partial charge in [0, 0.05) is 36.3 Å². The fourth-order valence-electron chi connectivity index (χ4n) is 1.66. The predicted molar refractivity (Wildman–Crippen MR) is 69.9 cm³/mol. The second kappa shape index (κ2) is 5.09. The maximum absolute atomic E-state index is 13.5. The van der Waals surface area contributed by atoms with Gasteiger partial charge in [-0.25, -0.2) is 9.37 Å². The molecule has 0 saturated carbocycles. The van der Waals surface area contributed by atoms with Crippen LogP contribution in [0.1, 0.15) is 21.7 Å². The number of hydrogen-bond acceptors (Lipinski definition) is 3. The van der Waals surface area contributed by atoms with E-state index in [0.29, 0.717) is 11.4 Å². The molecule has 2 rings (SSSR count). The molecule has 0 saturated heterocycles. The zero-order chi connectivity index (χ0) is 14.0. The molecule has 5 nitrogen and oxygen atoms in total. The van der Waals surface area contributed by atoms with Gasteiger partial charge in [-0.05, 0) is 19.1 Å². The molecule has 6 heteroatoms. The van der Waals surface area contributed by atoms with Crippen LogP contribution >= 0.6 is 0 Å². The fourth-order valence-corrected chi connectivity index (χ4v) is 1.66. The minimum atomic E-state index is -0.484. The molecule has 0 unspecified atom stereocenters. The largest absolute Gasteiger partial charge is 0.398 e. The number of carbonyl (C=O) groups excluding carboxylic acids is 1. The van der Waals surface area contributed by atoms with Crippen molar-refractivity contribution < 1.29 is 9.18 Å². The van der Waals surface area contributed by atoms with Crippen molar-refractivity contribution >= 4 is 11.6 Å². The number of carbonyl (C=O) groups is 1. The van der Waals surface area contributed by atoms with Crippen molar-refractivity contribution in [3.8, 4) is 0 Å². The molecule has 2 aromatic rings. The number of rotatable bonds is 3. The third-order valence-corrected chi connectivity index (χ3v) is 2.97. The number of nitrogens with one attached hydrogen (secondary N) is 1. The molecular formula is C13H15FN4O. The number of hydrogen-bond donors (Lipinski definition) is 2. The first-order valence-electron chi connectivity index (χ1n) is 5.79. The normalized spacial score (nSPS) is 10.5. The predicted octanol–water partition coefficient (Wildman–Crippen LogP) is 1.38. The number of amides is 1. The Labute approximate surface area is 110 Å². The van der Waals surface area contributed by atoms with Crippen molar-refractivity contribution in [2.24, 2.45) is 7.05 Å². The molecule has 0 fully saturated rings. The molecule has 3 N–H and O–H groups in total. The van der Waals surface area contributed by atoms with E-state index in [1.54, 1.807) is 23.9 Å². The monoisotopic (exact) mass is 262 g/mol. The first-order chi connectivity index (χ1) is 8.99. The van der Waals surface area contributed by atoms with Crippen LogP contribution < -0.4 is 11.1 Å². The summed E-state index contributed by atoms with van der Waals surface area (Å²) in [5, 5.41) is 2.67. The van der Waals surface area contributed by atoms with E-state index >= 15 is 0 Å². The van der Waals surface area contributed by atoms with Gasteiger partial charge in [-0.1, -0.05) is 0 Å². The highest BCUT2D eigenvalue weighted by molar-refractivity contribution is 5.95. The molecule has 0 aliphatic heterocycles. The number of halogens is 1. The Morgan fingerprint density at radius 3 is 2.84 bits per heavy atom. The molecule has 19 heavy (non-hydrogen) atoms. The number of nitrogens with zero attached hydrogens (tertiary/aromatic N) is 2. The highest BCUT2D eigenvalue weighted by Gasteiger charge is 2.11. The number of anilines is 1. The van der Waals surface area contributed by atoms with E-state index in [1.807, 2.05) is 7.05 Å². The van der Waals surface area contributed by atoms with Crippen LogP contribution in [0.25, 0.3) is 0 Å². The van der Waals surface area contributed by atoms with Crippen LogP contribution in [0.15, 0.2) is 24.5 Å². The van der Waals surface area contributed by atoms with Crippen molar-refractivity contribution in [2.45, 2.75) is 13.5 Å². The lowest BCUT2D eigenvalue weighted by molar-refractivity contribution is 0.0949. The van der Waals surface area contributed by atoms with Crippen molar-refractivity contribution in [1.82, 2.24) is 14.9 Å². The molecule has 0 bridgehead atoms. The smallest absolute Gasteiger partial charge is 0.251 e. The summed E-state index contributed by atoms with van der Waals surface area (Å²) >= 11 is 0. The molecule has 0 aliphatic carbocycles. The number of nitrogens with two attached hydrogens (primary N) is 1. The van der Waals surface area contributed by atoms with E-state index in [1.165, 1.54) is 12.1 Å². The lowest BCUT2D eigenvalue weighted by atomic mass is 10.1. The van der Waals surface area contributed by atoms with Gasteiger partial charge in [0.1, 0.15) is 11.6 Å². The summed E-state index contributed by atoms with van der Waals surface area (Å²) in [6.45, 7) is 1.85. The van der Waals surface area contributed by atoms with E-state index in [0.717, 1.165) is 0 Å². The van der Waals surface area contributed by atoms with Crippen molar-refractivity contribution in [3.63, 3.8) is 0 Å². The van der Waals surface area contributed by atoms with Gasteiger partial charge >= 0.3 is 0 Å². The fraction of sp³-hybridized carbons (Fsp3) is 0.231. The zero-order valence-electron chi connectivity index (χ0n) is 10.8. The Morgan fingerprint density at radius 2 is 2.26 bits per heavy atom. The first-order valence-corrected chi connectivity index (χ1v) is 5.79. The Morgan fingerprint density at radius 1 is 1.53 bits per heavy atom. The van der Waals surface area contributed by atoms with Crippen LogP contribution in [0.3, 0.4) is 0 Å². The Bertz CT molecular complexity index is 598. The van der Waals surface area contributed by atoms with E-state index in [4.69, 9.17) is 5.73 Å². The summed E-state index contributed by atoms with van der Waals surface area (Å²) in [5.41, 5.74) is 6.45. The quantitative estimate of drug-likeness (QED) is 0.821. The Hall–Kier alpha value is -2.37. The lowest BCUT2D eigenvalue weighted by Crippen LogP contribution is -2.24. The average Bonchev–Trinajstić information content (AvgIpc) is 2.78. The van der Waals surface area contributed by atoms with Gasteiger partial charge in [0.05, 0.1) is 6.54 Å². The standard InChI is InChI=1S/C13H15FN4O/c1-8-10(14)5-9(6-11(8)15)13(19)17-7-12-16-3-4-18(12)2/h3-6H,7,15H2,1-2H3,(H,17,19). The highest BCUT2D eigenvalue weighted by Crippen LogP contribution is 2.17. The summed E-state index contributed by atoms with van der Waals surface area (Å²) < 4.78 is 15.3. The highest BCUT2D eigenvalue weighted by atomic mass is 19.1. The van der Waals surface area contributed by atoms with Crippen LogP contribution in [0.5, 0.6) is 0 Å². The Balaban J connectivity index is 2.10. The van der Waals surface area contributed by atoms with Gasteiger partial charge in [-0.3, -0.25) is 4.79 Å². The Kier molecular flexibility index (Phi) is 3.50. The molecule has 100 valence electrons. The minimum Gasteiger partial charge on any atom is -0.398 e. The zero-order valence-corrected chi connectivity index (χ0v) is 10.8. The molecule has 0 radical (unpaired) electrons. The summed E-state index contributed by atoms with van der Waals surface area (Å²) in [4.78, 5) is 16.0. The molecule has 1 heterocycles. The lowest BCUT2D eigenvalue weighted by Gasteiger charge is -2.08. The van der Waals surface area contributed by atoms with Crippen molar-refractivity contribution in [2.75, 3.05) is 5.73 Å². The second-order valence-corrected chi connectivity index (χ2v) is 4.31. The van der Waals surface area contributed by atoms with Crippen LogP contribution in [-0.4, -0.2) is 15.5 Å². The number of nitrogen functional groups attached to an aromatic ring is 1. The maximum atomic E-state index is 13.5. The number of imidazole rings is 1. The minimum absolute atomic E-state index is 0.204. The molecular weight excluding hydrogens is 247 g/mol. The molecule has 1 aromatic carbocycles. The van der Waals surface area contributed by atoms with Crippen molar-refractivity contribution in [3.05, 3.63) is 47.3 Å². The van der Waals surface area contributed by atoms with Crippen LogP contribution in [0.2, 0.25) is 0 Å². The van der Waals surface area contributed by atoms with Crippen LogP contribution in [-0.2, 0) is 13.6 Å². The third kappa shape index (κ3) is 2.73. The van der Waals surface area contributed by atoms with Crippen LogP contribution in [0, 0.1) is 12.7 Å².